The van der Waals surface area contributed by atoms with Crippen LogP contribution in [0, 0.1) is 11.6 Å². The Bertz CT molecular complexity index is 1410. The molecule has 0 saturated carbocycles. The van der Waals surface area contributed by atoms with Crippen LogP contribution in [0.25, 0.3) is 11.4 Å². The molecule has 0 radical (unpaired) electrons. The molecule has 0 spiro atoms. The molecule has 2 aliphatic rings. The van der Waals surface area contributed by atoms with Crippen LogP contribution in [-0.2, 0) is 15.1 Å². The summed E-state index contributed by atoms with van der Waals surface area (Å²) in [6.07, 6.45) is 2.66. The Balaban J connectivity index is 1.37. The zero-order chi connectivity index (χ0) is 28.4. The summed E-state index contributed by atoms with van der Waals surface area (Å²) >= 11 is 0. The molecule has 3 heterocycles. The first-order valence-corrected chi connectivity index (χ1v) is 12.3. The highest BCUT2D eigenvalue weighted by atomic mass is 19.1. The number of rotatable bonds is 9. The Labute approximate surface area is 227 Å². The summed E-state index contributed by atoms with van der Waals surface area (Å²) in [4.78, 5) is 29.1. The first kappa shape index (κ1) is 26.8. The van der Waals surface area contributed by atoms with Crippen molar-refractivity contribution in [2.24, 2.45) is 5.10 Å². The van der Waals surface area contributed by atoms with Crippen LogP contribution in [0.15, 0.2) is 47.6 Å². The molecule has 1 fully saturated rings. The van der Waals surface area contributed by atoms with Crippen LogP contribution < -0.4 is 4.90 Å². The van der Waals surface area contributed by atoms with Crippen molar-refractivity contribution in [2.75, 3.05) is 37.9 Å². The second-order valence-corrected chi connectivity index (χ2v) is 9.45. The standard InChI is InChI=1S/C25H26F2N9O4/c1-16(35-9-10-36(24(35)38)20-6-3-18(4-7-20)23-29-31-32-30-23)25(39,21-8-5-19(26)11-22(21)27)12-34-14-33(13-28-34)15-40-17(2)37/h3-8,11,16,39H,9-10,12,14-15H2,1-2H3,(H,29,30,31,32)/q+1/t16-,25+/m1/s1. The molecule has 1 saturated heterocycles. The van der Waals surface area contributed by atoms with Gasteiger partial charge in [-0.15, -0.1) is 10.2 Å². The summed E-state index contributed by atoms with van der Waals surface area (Å²) in [5, 5.41) is 31.3. The molecule has 3 aromatic rings. The van der Waals surface area contributed by atoms with Crippen LogP contribution >= 0.6 is 0 Å². The van der Waals surface area contributed by atoms with Crippen molar-refractivity contribution in [3.05, 3.63) is 59.7 Å². The predicted octanol–water partition coefficient (Wildman–Crippen LogP) is 1.58. The van der Waals surface area contributed by atoms with Crippen LogP contribution in [0.5, 0.6) is 0 Å². The number of carbonyl (C=O) groups is 2. The topological polar surface area (TPSA) is 143 Å². The van der Waals surface area contributed by atoms with Gasteiger partial charge >= 0.3 is 18.3 Å². The Morgan fingerprint density at radius 1 is 1.23 bits per heavy atom. The molecule has 13 nitrogen and oxygen atoms in total. The van der Waals surface area contributed by atoms with Gasteiger partial charge in [-0.25, -0.2) is 18.6 Å². The van der Waals surface area contributed by atoms with Crippen LogP contribution in [0.1, 0.15) is 19.4 Å². The molecule has 2 amide bonds. The maximum absolute atomic E-state index is 15.1. The molecule has 40 heavy (non-hydrogen) atoms. The molecular weight excluding hydrogens is 528 g/mol. The van der Waals surface area contributed by atoms with E-state index in [2.05, 4.69) is 32.1 Å². The Kier molecular flexibility index (Phi) is 7.24. The van der Waals surface area contributed by atoms with E-state index in [1.54, 1.807) is 36.1 Å². The maximum atomic E-state index is 15.1. The number of nitrogens with one attached hydrogen (secondary N) is 1. The lowest BCUT2D eigenvalue weighted by Crippen LogP contribution is -2.55. The molecule has 2 atom stereocenters. The number of halogens is 2. The third kappa shape index (κ3) is 5.24. The highest BCUT2D eigenvalue weighted by molar-refractivity contribution is 5.94. The number of nitrogens with zero attached hydrogens (tertiary/aromatic N) is 8. The van der Waals surface area contributed by atoms with Crippen molar-refractivity contribution in [3.8, 4) is 11.4 Å². The normalized spacial score (nSPS) is 17.3. The Morgan fingerprint density at radius 2 is 2.00 bits per heavy atom. The van der Waals surface area contributed by atoms with E-state index in [1.807, 2.05) is 0 Å². The van der Waals surface area contributed by atoms with Crippen molar-refractivity contribution in [1.29, 1.82) is 0 Å². The molecule has 2 aromatic carbocycles. The molecule has 208 valence electrons. The number of carbonyl (C=O) groups excluding carboxylic acids is 2. The molecular formula is C25H26F2N9O4+. The molecule has 0 unspecified atom stereocenters. The van der Waals surface area contributed by atoms with E-state index in [1.165, 1.54) is 21.7 Å². The van der Waals surface area contributed by atoms with Gasteiger partial charge < -0.3 is 14.7 Å². The van der Waals surface area contributed by atoms with Crippen LogP contribution in [-0.4, -0.2) is 98.0 Å². The second kappa shape index (κ2) is 10.8. The summed E-state index contributed by atoms with van der Waals surface area (Å²) in [6.45, 7) is 3.13. The van der Waals surface area contributed by atoms with Crippen LogP contribution in [0.3, 0.4) is 0 Å². The minimum atomic E-state index is -2.01. The fourth-order valence-electron chi connectivity index (χ4n) is 4.76. The Morgan fingerprint density at radius 3 is 2.67 bits per heavy atom. The van der Waals surface area contributed by atoms with Gasteiger partial charge in [0.1, 0.15) is 22.3 Å². The Hall–Kier alpha value is -4.75. The van der Waals surface area contributed by atoms with Crippen molar-refractivity contribution in [3.63, 3.8) is 0 Å². The minimum absolute atomic E-state index is 0.0813. The summed E-state index contributed by atoms with van der Waals surface area (Å²) in [5.41, 5.74) is -0.871. The smallest absolute Gasteiger partial charge is 0.440 e. The summed E-state index contributed by atoms with van der Waals surface area (Å²) in [6, 6.07) is 8.55. The number of urea groups is 1. The lowest BCUT2D eigenvalue weighted by Gasteiger charge is -2.40. The zero-order valence-electron chi connectivity index (χ0n) is 21.7. The van der Waals surface area contributed by atoms with Crippen molar-refractivity contribution in [1.82, 2.24) is 35.4 Å². The number of hydrogen-bond acceptors (Lipinski definition) is 10. The molecule has 2 N–H and O–H groups in total. The highest BCUT2D eigenvalue weighted by Crippen LogP contribution is 2.35. The first-order chi connectivity index (χ1) is 19.2. The lowest BCUT2D eigenvalue weighted by molar-refractivity contribution is -0.144. The SMILES string of the molecule is CC(=O)OCN1[C+]=NN(C[C@@](O)(c2ccc(F)cc2F)[C@@H](C)N2CCN(c3ccc(-c4nn[nH]n4)cc3)C2=O)C1. The van der Waals surface area contributed by atoms with Gasteiger partial charge in [0.2, 0.25) is 12.6 Å². The monoisotopic (exact) mass is 554 g/mol. The first-order valence-electron chi connectivity index (χ1n) is 12.3. The summed E-state index contributed by atoms with van der Waals surface area (Å²) < 4.78 is 33.8. The van der Waals surface area contributed by atoms with Gasteiger partial charge in [0, 0.05) is 42.9 Å². The quantitative estimate of drug-likeness (QED) is 0.298. The number of aliphatic hydroxyl groups is 1. The number of tetrazole rings is 1. The van der Waals surface area contributed by atoms with E-state index in [0.29, 0.717) is 29.7 Å². The molecule has 2 aliphatic heterocycles. The van der Waals surface area contributed by atoms with E-state index in [-0.39, 0.29) is 32.1 Å². The number of H-pyrrole nitrogens is 1. The number of β-amino-alcohol motifs (C(OH)–C–C–N with tert-alkyl or cyclic N) is 1. The number of ether oxygens (including phenoxy) is 1. The van der Waals surface area contributed by atoms with E-state index in [4.69, 9.17) is 4.74 Å². The number of aromatic nitrogens is 4. The third-order valence-corrected chi connectivity index (χ3v) is 6.89. The maximum Gasteiger partial charge on any atom is 0.547 e. The molecule has 15 heteroatoms. The van der Waals surface area contributed by atoms with Crippen molar-refractivity contribution >= 4 is 24.0 Å². The fourth-order valence-corrected chi connectivity index (χ4v) is 4.76. The van der Waals surface area contributed by atoms with Crippen LogP contribution in [0.4, 0.5) is 19.3 Å². The number of hydrazone groups is 1. The van der Waals surface area contributed by atoms with Gasteiger partial charge in [0.15, 0.2) is 6.67 Å². The number of esters is 1. The summed E-state index contributed by atoms with van der Waals surface area (Å²) in [7, 11) is 0. The van der Waals surface area contributed by atoms with Gasteiger partial charge in [-0.3, -0.25) is 9.69 Å². The number of hydrogen-bond donors (Lipinski definition) is 2. The van der Waals surface area contributed by atoms with Gasteiger partial charge in [0.25, 0.3) is 0 Å². The number of aromatic amines is 1. The average molecular weight is 555 g/mol. The molecule has 5 rings (SSSR count). The largest absolute Gasteiger partial charge is 0.547 e. The van der Waals surface area contributed by atoms with E-state index in [9.17, 15) is 19.1 Å². The third-order valence-electron chi connectivity index (χ3n) is 6.89. The van der Waals surface area contributed by atoms with Gasteiger partial charge in [-0.1, -0.05) is 11.0 Å². The summed E-state index contributed by atoms with van der Waals surface area (Å²) in [5.74, 6) is -1.84. The molecule has 0 bridgehead atoms. The fraction of sp³-hybridized carbons (Fsp3) is 0.360. The van der Waals surface area contributed by atoms with Gasteiger partial charge in [-0.2, -0.15) is 5.21 Å². The van der Waals surface area contributed by atoms with E-state index in [0.717, 1.165) is 12.1 Å². The van der Waals surface area contributed by atoms with Crippen LogP contribution in [0.2, 0.25) is 0 Å². The minimum Gasteiger partial charge on any atom is -0.440 e. The lowest BCUT2D eigenvalue weighted by atomic mass is 9.85. The van der Waals surface area contributed by atoms with Gasteiger partial charge in [0.05, 0.1) is 12.6 Å². The molecule has 0 aliphatic carbocycles. The van der Waals surface area contributed by atoms with Crippen molar-refractivity contribution in [2.45, 2.75) is 25.5 Å². The second-order valence-electron chi connectivity index (χ2n) is 9.45. The van der Waals surface area contributed by atoms with Gasteiger partial charge in [-0.05, 0) is 42.5 Å². The van der Waals surface area contributed by atoms with E-state index < -0.39 is 35.3 Å². The van der Waals surface area contributed by atoms with Crippen molar-refractivity contribution < 1.29 is 28.2 Å². The molecule has 1 aromatic heterocycles. The zero-order valence-corrected chi connectivity index (χ0v) is 21.7. The number of amides is 2. The number of benzene rings is 2. The average Bonchev–Trinajstić information content (AvgIpc) is 3.69. The highest BCUT2D eigenvalue weighted by Gasteiger charge is 2.48. The van der Waals surface area contributed by atoms with E-state index >= 15 is 4.39 Å². The predicted molar refractivity (Wildman–Crippen MR) is 136 cm³/mol. The number of anilines is 1.